The molecule has 0 spiro atoms. The Balaban J connectivity index is 1.87. The van der Waals surface area contributed by atoms with Crippen molar-refractivity contribution in [2.75, 3.05) is 7.05 Å². The molecule has 0 aliphatic heterocycles. The molecule has 7 heteroatoms. The fraction of sp³-hybridized carbons (Fsp3) is 0.381. The van der Waals surface area contributed by atoms with Crippen molar-refractivity contribution in [3.8, 4) is 0 Å². The molecule has 0 bridgehead atoms. The second kappa shape index (κ2) is 8.23. The van der Waals surface area contributed by atoms with E-state index in [1.54, 1.807) is 31.3 Å². The summed E-state index contributed by atoms with van der Waals surface area (Å²) in [6, 6.07) is 13.8. The SMILES string of the molecule is CC(C)N(C)S(=O)(=O)c1cccc(C(=O)N(Cc2ccc(Cl)cc2)C2CC2)c1. The molecule has 1 amide bonds. The molecule has 3 rings (SSSR count). The Morgan fingerprint density at radius 2 is 1.79 bits per heavy atom. The maximum Gasteiger partial charge on any atom is 0.254 e. The van der Waals surface area contributed by atoms with E-state index in [1.165, 1.54) is 16.4 Å². The van der Waals surface area contributed by atoms with Crippen LogP contribution in [0.4, 0.5) is 0 Å². The minimum absolute atomic E-state index is 0.136. The molecule has 2 aromatic carbocycles. The first kappa shape index (κ1) is 20.8. The van der Waals surface area contributed by atoms with Crippen LogP contribution < -0.4 is 0 Å². The van der Waals surface area contributed by atoms with Crippen LogP contribution in [0.3, 0.4) is 0 Å². The average Bonchev–Trinajstić information content (AvgIpc) is 3.51. The predicted octanol–water partition coefficient (Wildman–Crippen LogP) is 4.17. The highest BCUT2D eigenvalue weighted by atomic mass is 35.5. The van der Waals surface area contributed by atoms with E-state index in [0.29, 0.717) is 17.1 Å². The van der Waals surface area contributed by atoms with Crippen molar-refractivity contribution in [1.29, 1.82) is 0 Å². The van der Waals surface area contributed by atoms with Crippen molar-refractivity contribution in [1.82, 2.24) is 9.21 Å². The van der Waals surface area contributed by atoms with Gasteiger partial charge in [0.05, 0.1) is 4.90 Å². The molecule has 0 radical (unpaired) electrons. The van der Waals surface area contributed by atoms with E-state index >= 15 is 0 Å². The predicted molar refractivity (Wildman–Crippen MR) is 111 cm³/mol. The van der Waals surface area contributed by atoms with Crippen LogP contribution in [-0.2, 0) is 16.6 Å². The van der Waals surface area contributed by atoms with Gasteiger partial charge in [-0.15, -0.1) is 0 Å². The third-order valence-corrected chi connectivity index (χ3v) is 7.28. The molecular formula is C21H25ClN2O3S. The molecule has 1 aliphatic rings. The van der Waals surface area contributed by atoms with Gasteiger partial charge in [-0.3, -0.25) is 4.79 Å². The average molecular weight is 421 g/mol. The fourth-order valence-electron chi connectivity index (χ4n) is 2.94. The number of halogens is 1. The second-order valence-electron chi connectivity index (χ2n) is 7.43. The highest BCUT2D eigenvalue weighted by molar-refractivity contribution is 7.89. The van der Waals surface area contributed by atoms with Crippen LogP contribution in [0, 0.1) is 0 Å². The molecule has 0 unspecified atom stereocenters. The van der Waals surface area contributed by atoms with Gasteiger partial charge in [0.2, 0.25) is 10.0 Å². The number of hydrogen-bond donors (Lipinski definition) is 0. The summed E-state index contributed by atoms with van der Waals surface area (Å²) in [5.41, 5.74) is 1.38. The summed E-state index contributed by atoms with van der Waals surface area (Å²) in [6.07, 6.45) is 1.93. The first-order valence-corrected chi connectivity index (χ1v) is 11.2. The van der Waals surface area contributed by atoms with Gasteiger partial charge in [-0.1, -0.05) is 29.8 Å². The summed E-state index contributed by atoms with van der Waals surface area (Å²) in [4.78, 5) is 15.1. The molecule has 1 aliphatic carbocycles. The number of benzene rings is 2. The largest absolute Gasteiger partial charge is 0.331 e. The summed E-state index contributed by atoms with van der Waals surface area (Å²) < 4.78 is 26.9. The smallest absolute Gasteiger partial charge is 0.254 e. The van der Waals surface area contributed by atoms with Crippen LogP contribution in [0.5, 0.6) is 0 Å². The Labute approximate surface area is 172 Å². The molecule has 28 heavy (non-hydrogen) atoms. The summed E-state index contributed by atoms with van der Waals surface area (Å²) in [5, 5.41) is 0.653. The number of carbonyl (C=O) groups is 1. The van der Waals surface area contributed by atoms with E-state index < -0.39 is 10.0 Å². The van der Waals surface area contributed by atoms with Crippen molar-refractivity contribution < 1.29 is 13.2 Å². The van der Waals surface area contributed by atoms with Crippen molar-refractivity contribution in [3.05, 3.63) is 64.7 Å². The van der Waals surface area contributed by atoms with E-state index in [0.717, 1.165) is 18.4 Å². The highest BCUT2D eigenvalue weighted by Crippen LogP contribution is 2.30. The van der Waals surface area contributed by atoms with Crippen molar-refractivity contribution >= 4 is 27.5 Å². The standard InChI is InChI=1S/C21H25ClN2O3S/c1-15(2)23(3)28(26,27)20-6-4-5-17(13-20)21(25)24(19-11-12-19)14-16-7-9-18(22)10-8-16/h4-10,13,15,19H,11-12,14H2,1-3H3. The van der Waals surface area contributed by atoms with Crippen molar-refractivity contribution in [2.45, 2.75) is 50.2 Å². The van der Waals surface area contributed by atoms with Gasteiger partial charge in [-0.25, -0.2) is 8.42 Å². The first-order valence-electron chi connectivity index (χ1n) is 9.33. The maximum atomic E-state index is 13.2. The van der Waals surface area contributed by atoms with Gasteiger partial charge in [0.15, 0.2) is 0 Å². The first-order chi connectivity index (χ1) is 13.2. The van der Waals surface area contributed by atoms with Gasteiger partial charge in [0.25, 0.3) is 5.91 Å². The Kier molecular flexibility index (Phi) is 6.12. The summed E-state index contributed by atoms with van der Waals surface area (Å²) in [7, 11) is -2.09. The van der Waals surface area contributed by atoms with E-state index in [-0.39, 0.29) is 22.9 Å². The Bertz CT molecular complexity index is 954. The second-order valence-corrected chi connectivity index (χ2v) is 9.87. The summed E-state index contributed by atoms with van der Waals surface area (Å²) in [5.74, 6) is -0.151. The third kappa shape index (κ3) is 4.57. The molecular weight excluding hydrogens is 396 g/mol. The zero-order valence-electron chi connectivity index (χ0n) is 16.3. The maximum absolute atomic E-state index is 13.2. The number of amides is 1. The molecule has 0 heterocycles. The van der Waals surface area contributed by atoms with Gasteiger partial charge in [-0.2, -0.15) is 4.31 Å². The lowest BCUT2D eigenvalue weighted by Gasteiger charge is -2.24. The molecule has 0 atom stereocenters. The molecule has 2 aromatic rings. The van der Waals surface area contributed by atoms with Gasteiger partial charge in [0.1, 0.15) is 0 Å². The molecule has 150 valence electrons. The number of carbonyl (C=O) groups excluding carboxylic acids is 1. The van der Waals surface area contributed by atoms with Crippen LogP contribution in [-0.4, -0.2) is 42.7 Å². The van der Waals surface area contributed by atoms with Crippen LogP contribution in [0.2, 0.25) is 5.02 Å². The van der Waals surface area contributed by atoms with Crippen molar-refractivity contribution in [2.24, 2.45) is 0 Å². The fourth-order valence-corrected chi connectivity index (χ4v) is 4.48. The molecule has 5 nitrogen and oxygen atoms in total. The third-order valence-electron chi connectivity index (χ3n) is 5.00. The van der Waals surface area contributed by atoms with E-state index in [2.05, 4.69) is 0 Å². The normalized spacial score (nSPS) is 14.5. The van der Waals surface area contributed by atoms with E-state index in [9.17, 15) is 13.2 Å². The van der Waals surface area contributed by atoms with Gasteiger partial charge in [-0.05, 0) is 62.6 Å². The monoisotopic (exact) mass is 420 g/mol. The lowest BCUT2D eigenvalue weighted by molar-refractivity contribution is 0.0729. The number of sulfonamides is 1. The van der Waals surface area contributed by atoms with Crippen LogP contribution in [0.15, 0.2) is 53.4 Å². The minimum Gasteiger partial charge on any atom is -0.331 e. The molecule has 1 fully saturated rings. The topological polar surface area (TPSA) is 57.7 Å². The van der Waals surface area contributed by atoms with Gasteiger partial charge >= 0.3 is 0 Å². The van der Waals surface area contributed by atoms with Crippen LogP contribution in [0.25, 0.3) is 0 Å². The lowest BCUT2D eigenvalue weighted by Crippen LogP contribution is -2.34. The van der Waals surface area contributed by atoms with Crippen LogP contribution >= 0.6 is 11.6 Å². The van der Waals surface area contributed by atoms with Gasteiger partial charge in [0, 0.05) is 36.3 Å². The zero-order chi connectivity index (χ0) is 20.5. The number of nitrogens with zero attached hydrogens (tertiary/aromatic N) is 2. The van der Waals surface area contributed by atoms with E-state index in [4.69, 9.17) is 11.6 Å². The number of rotatable bonds is 7. The number of hydrogen-bond acceptors (Lipinski definition) is 3. The minimum atomic E-state index is -3.64. The summed E-state index contributed by atoms with van der Waals surface area (Å²) in [6.45, 7) is 4.10. The van der Waals surface area contributed by atoms with Crippen LogP contribution in [0.1, 0.15) is 42.6 Å². The highest BCUT2D eigenvalue weighted by Gasteiger charge is 2.33. The Hall–Kier alpha value is -1.89. The molecule has 1 saturated carbocycles. The molecule has 0 aromatic heterocycles. The molecule has 0 saturated heterocycles. The molecule has 0 N–H and O–H groups in total. The summed E-state index contributed by atoms with van der Waals surface area (Å²) >= 11 is 5.95. The lowest BCUT2D eigenvalue weighted by atomic mass is 10.1. The van der Waals surface area contributed by atoms with Crippen molar-refractivity contribution in [3.63, 3.8) is 0 Å². The Morgan fingerprint density at radius 3 is 2.36 bits per heavy atom. The van der Waals surface area contributed by atoms with Gasteiger partial charge < -0.3 is 4.90 Å². The quantitative estimate of drug-likeness (QED) is 0.675. The van der Waals surface area contributed by atoms with E-state index in [1.807, 2.05) is 30.9 Å². The Morgan fingerprint density at radius 1 is 1.14 bits per heavy atom. The zero-order valence-corrected chi connectivity index (χ0v) is 17.9.